The van der Waals surface area contributed by atoms with Crippen molar-refractivity contribution in [2.75, 3.05) is 6.54 Å². The summed E-state index contributed by atoms with van der Waals surface area (Å²) in [6.07, 6.45) is 0.291. The predicted molar refractivity (Wildman–Crippen MR) is 26.7 cm³/mol. The summed E-state index contributed by atoms with van der Waals surface area (Å²) < 4.78 is 0. The van der Waals surface area contributed by atoms with Gasteiger partial charge >= 0.3 is 0 Å². The SMILES string of the molecule is NO[C@@H]1CNC(=O)C1. The van der Waals surface area contributed by atoms with Crippen LogP contribution >= 0.6 is 0 Å². The second kappa shape index (κ2) is 2.11. The van der Waals surface area contributed by atoms with Gasteiger partial charge in [-0.2, -0.15) is 0 Å². The number of carbonyl (C=O) groups is 1. The van der Waals surface area contributed by atoms with E-state index in [9.17, 15) is 4.79 Å². The van der Waals surface area contributed by atoms with E-state index in [1.54, 1.807) is 0 Å². The summed E-state index contributed by atoms with van der Waals surface area (Å²) in [5, 5.41) is 2.58. The summed E-state index contributed by atoms with van der Waals surface area (Å²) in [7, 11) is 0. The first kappa shape index (κ1) is 5.53. The zero-order valence-electron chi connectivity index (χ0n) is 4.39. The van der Waals surface area contributed by atoms with Gasteiger partial charge in [-0.25, -0.2) is 5.90 Å². The lowest BCUT2D eigenvalue weighted by Gasteiger charge is -1.99. The van der Waals surface area contributed by atoms with Gasteiger partial charge in [0.1, 0.15) is 6.10 Å². The summed E-state index contributed by atoms with van der Waals surface area (Å²) in [5.41, 5.74) is 0. The van der Waals surface area contributed by atoms with Crippen molar-refractivity contribution in [3.8, 4) is 0 Å². The first-order valence-corrected chi connectivity index (χ1v) is 2.45. The van der Waals surface area contributed by atoms with Crippen molar-refractivity contribution in [2.45, 2.75) is 12.5 Å². The summed E-state index contributed by atoms with van der Waals surface area (Å²) in [4.78, 5) is 14.8. The maximum atomic E-state index is 10.4. The highest BCUT2D eigenvalue weighted by Crippen LogP contribution is 1.99. The third-order valence-corrected chi connectivity index (χ3v) is 1.13. The van der Waals surface area contributed by atoms with Crippen LogP contribution in [0.25, 0.3) is 0 Å². The molecule has 0 unspecified atom stereocenters. The number of amides is 1. The average molecular weight is 116 g/mol. The van der Waals surface area contributed by atoms with Gasteiger partial charge in [0, 0.05) is 6.54 Å². The van der Waals surface area contributed by atoms with Crippen molar-refractivity contribution < 1.29 is 9.63 Å². The molecule has 1 heterocycles. The van der Waals surface area contributed by atoms with Crippen molar-refractivity contribution in [3.05, 3.63) is 0 Å². The Morgan fingerprint density at radius 2 is 2.62 bits per heavy atom. The van der Waals surface area contributed by atoms with E-state index in [-0.39, 0.29) is 12.0 Å². The molecule has 1 aliphatic heterocycles. The molecule has 1 amide bonds. The van der Waals surface area contributed by atoms with Crippen molar-refractivity contribution in [3.63, 3.8) is 0 Å². The van der Waals surface area contributed by atoms with Crippen LogP contribution in [0.1, 0.15) is 6.42 Å². The largest absolute Gasteiger partial charge is 0.353 e. The molecule has 0 aromatic heterocycles. The van der Waals surface area contributed by atoms with Gasteiger partial charge in [0.2, 0.25) is 5.91 Å². The van der Waals surface area contributed by atoms with E-state index in [1.165, 1.54) is 0 Å². The fourth-order valence-electron chi connectivity index (χ4n) is 0.675. The van der Waals surface area contributed by atoms with Crippen LogP contribution in [0.15, 0.2) is 0 Å². The van der Waals surface area contributed by atoms with Crippen LogP contribution in [0.4, 0.5) is 0 Å². The Bertz CT molecular complexity index is 104. The molecule has 1 rings (SSSR count). The number of hydrogen-bond acceptors (Lipinski definition) is 3. The molecular weight excluding hydrogens is 108 g/mol. The summed E-state index contributed by atoms with van der Waals surface area (Å²) in [6.45, 7) is 0.551. The molecule has 0 radical (unpaired) electrons. The minimum absolute atomic E-state index is 0.0143. The van der Waals surface area contributed by atoms with Gasteiger partial charge in [-0.1, -0.05) is 0 Å². The van der Waals surface area contributed by atoms with Crippen molar-refractivity contribution in [1.82, 2.24) is 5.32 Å². The molecule has 1 atom stereocenters. The minimum atomic E-state index is -0.109. The molecule has 3 N–H and O–H groups in total. The van der Waals surface area contributed by atoms with Gasteiger partial charge in [-0.3, -0.25) is 9.63 Å². The average Bonchev–Trinajstić information content (AvgIpc) is 2.14. The number of nitrogens with one attached hydrogen (secondary N) is 1. The molecule has 8 heavy (non-hydrogen) atoms. The number of carbonyl (C=O) groups excluding carboxylic acids is 1. The summed E-state index contributed by atoms with van der Waals surface area (Å²) >= 11 is 0. The van der Waals surface area contributed by atoms with Gasteiger partial charge in [-0.15, -0.1) is 0 Å². The van der Waals surface area contributed by atoms with Crippen LogP contribution < -0.4 is 11.2 Å². The molecule has 0 spiro atoms. The lowest BCUT2D eigenvalue weighted by Crippen LogP contribution is -2.20. The molecule has 1 aliphatic rings. The van der Waals surface area contributed by atoms with Crippen molar-refractivity contribution in [1.29, 1.82) is 0 Å². The highest BCUT2D eigenvalue weighted by atomic mass is 16.6. The minimum Gasteiger partial charge on any atom is -0.353 e. The molecule has 0 saturated carbocycles. The quantitative estimate of drug-likeness (QED) is 0.421. The Balaban J connectivity index is 2.32. The molecule has 4 heteroatoms. The van der Waals surface area contributed by atoms with E-state index in [0.717, 1.165) is 0 Å². The smallest absolute Gasteiger partial charge is 0.222 e. The van der Waals surface area contributed by atoms with Crippen LogP contribution in [0.5, 0.6) is 0 Å². The van der Waals surface area contributed by atoms with Gasteiger partial charge in [0.25, 0.3) is 0 Å². The lowest BCUT2D eigenvalue weighted by molar-refractivity contribution is -0.119. The normalized spacial score (nSPS) is 28.1. The van der Waals surface area contributed by atoms with E-state index >= 15 is 0 Å². The second-order valence-electron chi connectivity index (χ2n) is 1.77. The molecular formula is C4H8N2O2. The Morgan fingerprint density at radius 3 is 2.88 bits per heavy atom. The van der Waals surface area contributed by atoms with E-state index in [4.69, 9.17) is 5.90 Å². The van der Waals surface area contributed by atoms with Crippen molar-refractivity contribution >= 4 is 5.91 Å². The van der Waals surface area contributed by atoms with Crippen LogP contribution in [0, 0.1) is 0 Å². The third kappa shape index (κ3) is 0.962. The summed E-state index contributed by atoms with van der Waals surface area (Å²) in [5.74, 6) is 4.82. The van der Waals surface area contributed by atoms with Gasteiger partial charge in [-0.05, 0) is 0 Å². The molecule has 1 fully saturated rings. The molecule has 0 aromatic rings. The second-order valence-corrected chi connectivity index (χ2v) is 1.77. The fraction of sp³-hybridized carbons (Fsp3) is 0.750. The van der Waals surface area contributed by atoms with Crippen LogP contribution in [-0.2, 0) is 9.63 Å². The van der Waals surface area contributed by atoms with Crippen LogP contribution in [0.3, 0.4) is 0 Å². The van der Waals surface area contributed by atoms with Crippen LogP contribution in [0.2, 0.25) is 0 Å². The monoisotopic (exact) mass is 116 g/mol. The zero-order chi connectivity index (χ0) is 5.98. The lowest BCUT2D eigenvalue weighted by atomic mass is 10.3. The molecule has 46 valence electrons. The predicted octanol–water partition coefficient (Wildman–Crippen LogP) is -1.23. The summed E-state index contributed by atoms with van der Waals surface area (Å²) in [6, 6.07) is 0. The molecule has 1 saturated heterocycles. The maximum Gasteiger partial charge on any atom is 0.222 e. The molecule has 0 bridgehead atoms. The number of rotatable bonds is 1. The van der Waals surface area contributed by atoms with E-state index in [0.29, 0.717) is 13.0 Å². The first-order chi connectivity index (χ1) is 3.83. The Hall–Kier alpha value is -0.610. The molecule has 4 nitrogen and oxygen atoms in total. The van der Waals surface area contributed by atoms with E-state index in [2.05, 4.69) is 10.2 Å². The Kier molecular flexibility index (Phi) is 1.45. The Labute approximate surface area is 46.9 Å². The van der Waals surface area contributed by atoms with Gasteiger partial charge in [0.05, 0.1) is 6.42 Å². The van der Waals surface area contributed by atoms with Gasteiger partial charge < -0.3 is 5.32 Å². The Morgan fingerprint density at radius 1 is 1.88 bits per heavy atom. The van der Waals surface area contributed by atoms with E-state index < -0.39 is 0 Å². The van der Waals surface area contributed by atoms with Crippen LogP contribution in [-0.4, -0.2) is 18.6 Å². The highest BCUT2D eigenvalue weighted by Gasteiger charge is 2.20. The number of hydrogen-bond donors (Lipinski definition) is 2. The molecule has 0 aromatic carbocycles. The zero-order valence-corrected chi connectivity index (χ0v) is 4.39. The fourth-order valence-corrected chi connectivity index (χ4v) is 0.675. The number of nitrogens with two attached hydrogens (primary N) is 1. The maximum absolute atomic E-state index is 10.4. The standard InChI is InChI=1S/C4H8N2O2/c5-8-3-1-4(7)6-2-3/h3H,1-2,5H2,(H,6,7)/t3-/m0/s1. The highest BCUT2D eigenvalue weighted by molar-refractivity contribution is 5.78. The topological polar surface area (TPSA) is 64.3 Å². The molecule has 0 aliphatic carbocycles. The van der Waals surface area contributed by atoms with Gasteiger partial charge in [0.15, 0.2) is 0 Å². The first-order valence-electron chi connectivity index (χ1n) is 2.45. The van der Waals surface area contributed by atoms with E-state index in [1.807, 2.05) is 0 Å². The van der Waals surface area contributed by atoms with Crippen molar-refractivity contribution in [2.24, 2.45) is 5.90 Å². The third-order valence-electron chi connectivity index (χ3n) is 1.13.